The van der Waals surface area contributed by atoms with Crippen molar-refractivity contribution in [3.8, 4) is 0 Å². The summed E-state index contributed by atoms with van der Waals surface area (Å²) in [5.41, 5.74) is -0.392. The average Bonchev–Trinajstić information content (AvgIpc) is 3.28. The number of hydrogen-bond donors (Lipinski definition) is 1. The molecule has 1 N–H and O–H groups in total. The van der Waals surface area contributed by atoms with Crippen molar-refractivity contribution in [3.05, 3.63) is 59.7 Å². The number of nitrogens with zero attached hydrogens (tertiary/aromatic N) is 1. The van der Waals surface area contributed by atoms with Gasteiger partial charge in [0.2, 0.25) is 5.91 Å². The molecule has 6 nitrogen and oxygen atoms in total. The summed E-state index contributed by atoms with van der Waals surface area (Å²) in [6.07, 6.45) is 2.00. The SMILES string of the molecule is O=C(COC(=O)c1ccccc1SCC(=O)N1CCCC1)Nc1c(F)cccc1F. The Morgan fingerprint density at radius 3 is 2.37 bits per heavy atom. The molecule has 2 amide bonds. The zero-order chi connectivity index (χ0) is 21.5. The number of carbonyl (C=O) groups excluding carboxylic acids is 3. The molecule has 2 aromatic carbocycles. The van der Waals surface area contributed by atoms with Gasteiger partial charge in [-0.05, 0) is 37.1 Å². The van der Waals surface area contributed by atoms with Gasteiger partial charge < -0.3 is 15.0 Å². The summed E-state index contributed by atoms with van der Waals surface area (Å²) in [7, 11) is 0. The molecule has 1 aliphatic rings. The third kappa shape index (κ3) is 5.56. The number of benzene rings is 2. The van der Waals surface area contributed by atoms with E-state index in [0.29, 0.717) is 4.90 Å². The molecule has 0 atom stereocenters. The molecule has 1 saturated heterocycles. The number of thioether (sulfide) groups is 1. The molecule has 1 aliphatic heterocycles. The average molecular weight is 434 g/mol. The highest BCUT2D eigenvalue weighted by Crippen LogP contribution is 2.24. The number of anilines is 1. The second-order valence-corrected chi connectivity index (χ2v) is 7.61. The van der Waals surface area contributed by atoms with Crippen molar-refractivity contribution in [2.45, 2.75) is 17.7 Å². The van der Waals surface area contributed by atoms with Gasteiger partial charge >= 0.3 is 5.97 Å². The van der Waals surface area contributed by atoms with Crippen LogP contribution in [0.4, 0.5) is 14.5 Å². The zero-order valence-corrected chi connectivity index (χ0v) is 16.8. The maximum Gasteiger partial charge on any atom is 0.339 e. The van der Waals surface area contributed by atoms with E-state index in [4.69, 9.17) is 4.74 Å². The zero-order valence-electron chi connectivity index (χ0n) is 16.0. The Balaban J connectivity index is 1.56. The summed E-state index contributed by atoms with van der Waals surface area (Å²) >= 11 is 1.22. The van der Waals surface area contributed by atoms with Crippen molar-refractivity contribution in [1.29, 1.82) is 0 Å². The first kappa shape index (κ1) is 21.8. The lowest BCUT2D eigenvalue weighted by Crippen LogP contribution is -2.29. The Bertz CT molecular complexity index is 928. The number of esters is 1. The number of rotatable bonds is 7. The summed E-state index contributed by atoms with van der Waals surface area (Å²) in [6.45, 7) is 0.792. The predicted octanol–water partition coefficient (Wildman–Crippen LogP) is 3.47. The van der Waals surface area contributed by atoms with E-state index in [0.717, 1.165) is 38.1 Å². The molecule has 0 radical (unpaired) electrons. The minimum atomic E-state index is -0.931. The van der Waals surface area contributed by atoms with Crippen LogP contribution in [0.3, 0.4) is 0 Å². The van der Waals surface area contributed by atoms with E-state index in [-0.39, 0.29) is 17.2 Å². The molecule has 158 valence electrons. The Labute approximate surface area is 176 Å². The lowest BCUT2D eigenvalue weighted by atomic mass is 10.2. The molecule has 1 fully saturated rings. The number of halogens is 2. The summed E-state index contributed by atoms with van der Waals surface area (Å²) in [6, 6.07) is 9.75. The maximum atomic E-state index is 13.6. The third-order valence-corrected chi connectivity index (χ3v) is 5.54. The summed E-state index contributed by atoms with van der Waals surface area (Å²) in [5.74, 6) is -3.31. The van der Waals surface area contributed by atoms with Crippen LogP contribution in [0, 0.1) is 11.6 Å². The van der Waals surface area contributed by atoms with E-state index < -0.39 is 35.8 Å². The van der Waals surface area contributed by atoms with Crippen molar-refractivity contribution >= 4 is 35.2 Å². The van der Waals surface area contributed by atoms with E-state index in [1.165, 1.54) is 23.9 Å². The van der Waals surface area contributed by atoms with Crippen LogP contribution in [0.5, 0.6) is 0 Å². The first-order chi connectivity index (χ1) is 14.5. The van der Waals surface area contributed by atoms with Gasteiger partial charge in [0.25, 0.3) is 5.91 Å². The van der Waals surface area contributed by atoms with Gasteiger partial charge in [-0.25, -0.2) is 13.6 Å². The van der Waals surface area contributed by atoms with Crippen LogP contribution in [0.25, 0.3) is 0 Å². The van der Waals surface area contributed by atoms with Crippen molar-refractivity contribution in [2.24, 2.45) is 0 Å². The fraction of sp³-hybridized carbons (Fsp3) is 0.286. The standard InChI is InChI=1S/C21H20F2N2O4S/c22-15-7-5-8-16(23)20(15)24-18(26)12-29-21(28)14-6-1-2-9-17(14)30-13-19(27)25-10-3-4-11-25/h1-2,5-9H,3-4,10-13H2,(H,24,26). The monoisotopic (exact) mass is 434 g/mol. The summed E-state index contributed by atoms with van der Waals surface area (Å²) in [4.78, 5) is 38.9. The number of nitrogens with one attached hydrogen (secondary N) is 1. The van der Waals surface area contributed by atoms with Crippen LogP contribution in [0.1, 0.15) is 23.2 Å². The normalized spacial score (nSPS) is 13.2. The molecule has 0 spiro atoms. The van der Waals surface area contributed by atoms with Gasteiger partial charge in [0.1, 0.15) is 17.3 Å². The minimum Gasteiger partial charge on any atom is -0.452 e. The Morgan fingerprint density at radius 2 is 1.67 bits per heavy atom. The fourth-order valence-corrected chi connectivity index (χ4v) is 3.90. The largest absolute Gasteiger partial charge is 0.452 e. The highest BCUT2D eigenvalue weighted by Gasteiger charge is 2.20. The highest BCUT2D eigenvalue weighted by atomic mass is 32.2. The highest BCUT2D eigenvalue weighted by molar-refractivity contribution is 8.00. The number of ether oxygens (including phenoxy) is 1. The Kier molecular flexibility index (Phi) is 7.40. The third-order valence-electron chi connectivity index (χ3n) is 4.48. The van der Waals surface area contributed by atoms with Crippen molar-refractivity contribution < 1.29 is 27.9 Å². The van der Waals surface area contributed by atoms with E-state index in [1.54, 1.807) is 23.1 Å². The molecule has 0 aromatic heterocycles. The van der Waals surface area contributed by atoms with Gasteiger partial charge in [0.15, 0.2) is 6.61 Å². The quantitative estimate of drug-likeness (QED) is 0.534. The molecular formula is C21H20F2N2O4S. The number of hydrogen-bond acceptors (Lipinski definition) is 5. The van der Waals surface area contributed by atoms with Gasteiger partial charge in [-0.3, -0.25) is 9.59 Å². The van der Waals surface area contributed by atoms with Crippen LogP contribution in [0.15, 0.2) is 47.4 Å². The van der Waals surface area contributed by atoms with Crippen LogP contribution in [-0.2, 0) is 14.3 Å². The predicted molar refractivity (Wildman–Crippen MR) is 108 cm³/mol. The Hall–Kier alpha value is -2.94. The first-order valence-electron chi connectivity index (χ1n) is 9.36. The molecule has 30 heavy (non-hydrogen) atoms. The fourth-order valence-electron chi connectivity index (χ4n) is 2.96. The second kappa shape index (κ2) is 10.2. The first-order valence-corrected chi connectivity index (χ1v) is 10.3. The van der Waals surface area contributed by atoms with E-state index >= 15 is 0 Å². The number of amides is 2. The molecule has 0 aliphatic carbocycles. The molecular weight excluding hydrogens is 414 g/mol. The second-order valence-electron chi connectivity index (χ2n) is 6.59. The molecule has 0 saturated carbocycles. The van der Waals surface area contributed by atoms with Crippen molar-refractivity contribution in [1.82, 2.24) is 4.90 Å². The Morgan fingerprint density at radius 1 is 1.00 bits per heavy atom. The van der Waals surface area contributed by atoms with Gasteiger partial charge in [-0.15, -0.1) is 11.8 Å². The number of para-hydroxylation sites is 1. The smallest absolute Gasteiger partial charge is 0.339 e. The van der Waals surface area contributed by atoms with Gasteiger partial charge in [-0.2, -0.15) is 0 Å². The molecule has 2 aromatic rings. The van der Waals surface area contributed by atoms with Gasteiger partial charge in [0, 0.05) is 18.0 Å². The van der Waals surface area contributed by atoms with Gasteiger partial charge in [0.05, 0.1) is 11.3 Å². The number of likely N-dealkylation sites (tertiary alicyclic amines) is 1. The van der Waals surface area contributed by atoms with Crippen LogP contribution in [-0.4, -0.2) is 48.1 Å². The topological polar surface area (TPSA) is 75.7 Å². The van der Waals surface area contributed by atoms with Gasteiger partial charge in [-0.1, -0.05) is 18.2 Å². The van der Waals surface area contributed by atoms with Crippen LogP contribution < -0.4 is 5.32 Å². The van der Waals surface area contributed by atoms with Crippen LogP contribution >= 0.6 is 11.8 Å². The molecule has 0 unspecified atom stereocenters. The maximum absolute atomic E-state index is 13.6. The lowest BCUT2D eigenvalue weighted by Gasteiger charge is -2.15. The molecule has 9 heteroatoms. The van der Waals surface area contributed by atoms with E-state index in [9.17, 15) is 23.2 Å². The van der Waals surface area contributed by atoms with E-state index in [1.807, 2.05) is 5.32 Å². The molecule has 3 rings (SSSR count). The summed E-state index contributed by atoms with van der Waals surface area (Å²) in [5, 5.41) is 2.05. The molecule has 0 bridgehead atoms. The van der Waals surface area contributed by atoms with Crippen molar-refractivity contribution in [3.63, 3.8) is 0 Å². The van der Waals surface area contributed by atoms with Crippen LogP contribution in [0.2, 0.25) is 0 Å². The lowest BCUT2D eigenvalue weighted by molar-refractivity contribution is -0.127. The summed E-state index contributed by atoms with van der Waals surface area (Å²) < 4.78 is 32.2. The van der Waals surface area contributed by atoms with E-state index in [2.05, 4.69) is 0 Å². The van der Waals surface area contributed by atoms with Crippen molar-refractivity contribution in [2.75, 3.05) is 30.8 Å². The number of carbonyl (C=O) groups is 3. The minimum absolute atomic E-state index is 0.00645. The molecule has 1 heterocycles.